The van der Waals surface area contributed by atoms with Crippen molar-refractivity contribution >= 4 is 8.56 Å². The second-order valence-corrected chi connectivity index (χ2v) is 10.6. The van der Waals surface area contributed by atoms with Crippen molar-refractivity contribution < 1.29 is 18.0 Å². The van der Waals surface area contributed by atoms with E-state index < -0.39 is 8.56 Å². The topological polar surface area (TPSA) is 27.7 Å². The largest absolute Gasteiger partial charge is 0.393 e. The van der Waals surface area contributed by atoms with Crippen LogP contribution >= 0.6 is 0 Å². The van der Waals surface area contributed by atoms with Gasteiger partial charge in [0.15, 0.2) is 0 Å². The second kappa shape index (κ2) is 16.0. The molecule has 0 amide bonds. The van der Waals surface area contributed by atoms with Crippen molar-refractivity contribution in [2.24, 2.45) is 0 Å². The number of hydrogen-bond donors (Lipinski definition) is 0. The molecule has 0 spiro atoms. The van der Waals surface area contributed by atoms with Gasteiger partial charge in [0.25, 0.3) is 0 Å². The summed E-state index contributed by atoms with van der Waals surface area (Å²) < 4.78 is 30.0. The second-order valence-electron chi connectivity index (χ2n) is 7.06. The molecule has 0 saturated carbocycles. The van der Waals surface area contributed by atoms with Crippen LogP contribution in [0.2, 0.25) is 6.04 Å². The van der Waals surface area contributed by atoms with Gasteiger partial charge in [-0.3, -0.25) is 4.39 Å². The van der Waals surface area contributed by atoms with E-state index in [4.69, 9.17) is 13.6 Å². The molecule has 0 aromatic carbocycles. The van der Waals surface area contributed by atoms with E-state index in [0.717, 1.165) is 51.5 Å². The van der Waals surface area contributed by atoms with Gasteiger partial charge in [0, 0.05) is 19.8 Å². The van der Waals surface area contributed by atoms with E-state index in [2.05, 4.69) is 34.6 Å². The van der Waals surface area contributed by atoms with Crippen molar-refractivity contribution in [1.29, 1.82) is 0 Å². The highest BCUT2D eigenvalue weighted by molar-refractivity contribution is 6.70. The van der Waals surface area contributed by atoms with E-state index in [1.54, 1.807) is 0 Å². The molecule has 26 heavy (non-hydrogen) atoms. The van der Waals surface area contributed by atoms with Gasteiger partial charge in [-0.25, -0.2) is 0 Å². The van der Waals surface area contributed by atoms with Gasteiger partial charge < -0.3 is 13.6 Å². The molecule has 1 aliphatic rings. The average molecular weight is 393 g/mol. The minimum Gasteiger partial charge on any atom is -0.393 e. The first kappa shape index (κ1) is 26.0. The van der Waals surface area contributed by atoms with Crippen LogP contribution in [0.5, 0.6) is 0 Å². The molecule has 0 aromatic heterocycles. The Kier molecular flexibility index (Phi) is 16.0. The van der Waals surface area contributed by atoms with Crippen LogP contribution in [0, 0.1) is 0 Å². The molecular weight excluding hydrogens is 347 g/mol. The van der Waals surface area contributed by atoms with E-state index >= 15 is 0 Å². The van der Waals surface area contributed by atoms with Crippen LogP contribution in [0.1, 0.15) is 98.8 Å². The summed E-state index contributed by atoms with van der Waals surface area (Å²) in [6.07, 6.45) is 11.5. The van der Waals surface area contributed by atoms with E-state index in [9.17, 15) is 4.39 Å². The number of alkyl halides is 1. The van der Waals surface area contributed by atoms with Crippen molar-refractivity contribution in [2.45, 2.75) is 110 Å². The summed E-state index contributed by atoms with van der Waals surface area (Å²) in [6, 6.07) is 1.09. The van der Waals surface area contributed by atoms with E-state index in [-0.39, 0.29) is 11.9 Å². The molecule has 0 radical (unpaired) electrons. The van der Waals surface area contributed by atoms with Crippen LogP contribution in [0.15, 0.2) is 0 Å². The standard InChI is InChI=1S/C13H28O3Si.C8H17F/c1-5-13(14-6-2)11-9-10-12-17(13,15-7-3)16-8-4;1-2-3-4-5-6-7-8-9/h5-12H2,1-4H3;2-8H2,1H3. The average Bonchev–Trinajstić information content (AvgIpc) is 2.65. The Morgan fingerprint density at radius 2 is 1.42 bits per heavy atom. The van der Waals surface area contributed by atoms with Crippen molar-refractivity contribution in [3.05, 3.63) is 0 Å². The third-order valence-corrected chi connectivity index (χ3v) is 9.92. The zero-order chi connectivity index (χ0) is 19.7. The Hall–Kier alpha value is 0.0269. The predicted octanol–water partition coefficient (Wildman–Crippen LogP) is 6.73. The first-order chi connectivity index (χ1) is 12.6. The highest BCUT2D eigenvalue weighted by atomic mass is 28.4. The smallest absolute Gasteiger partial charge is 0.371 e. The first-order valence-electron chi connectivity index (χ1n) is 11.1. The molecule has 1 atom stereocenters. The maximum Gasteiger partial charge on any atom is 0.371 e. The van der Waals surface area contributed by atoms with Crippen LogP contribution in [-0.2, 0) is 13.6 Å². The van der Waals surface area contributed by atoms with Crippen molar-refractivity contribution in [3.8, 4) is 0 Å². The van der Waals surface area contributed by atoms with E-state index in [1.807, 2.05) is 0 Å². The zero-order valence-corrected chi connectivity index (χ0v) is 19.2. The molecule has 0 bridgehead atoms. The Balaban J connectivity index is 0.000000590. The molecule has 1 heterocycles. The molecular formula is C21H45FO3Si. The Morgan fingerprint density at radius 3 is 1.92 bits per heavy atom. The Bertz CT molecular complexity index is 296. The van der Waals surface area contributed by atoms with Gasteiger partial charge >= 0.3 is 8.56 Å². The lowest BCUT2D eigenvalue weighted by Gasteiger charge is -2.49. The van der Waals surface area contributed by atoms with Crippen molar-refractivity contribution in [1.82, 2.24) is 0 Å². The minimum atomic E-state index is -2.21. The fraction of sp³-hybridized carbons (Fsp3) is 1.00. The van der Waals surface area contributed by atoms with E-state index in [0.29, 0.717) is 0 Å². The summed E-state index contributed by atoms with van der Waals surface area (Å²) in [6.45, 7) is 12.7. The van der Waals surface area contributed by atoms with Gasteiger partial charge in [-0.1, -0.05) is 58.8 Å². The molecule has 1 rings (SSSR count). The molecule has 1 unspecified atom stereocenters. The minimum absolute atomic E-state index is 0.119. The Morgan fingerprint density at radius 1 is 0.808 bits per heavy atom. The van der Waals surface area contributed by atoms with Crippen LogP contribution in [-0.4, -0.2) is 40.3 Å². The summed E-state index contributed by atoms with van der Waals surface area (Å²) in [4.78, 5) is 0. The number of halogens is 1. The maximum atomic E-state index is 11.5. The quantitative estimate of drug-likeness (QED) is 0.257. The molecule has 0 aliphatic carbocycles. The molecule has 0 N–H and O–H groups in total. The third kappa shape index (κ3) is 8.36. The lowest BCUT2D eigenvalue weighted by molar-refractivity contribution is -0.0426. The molecule has 1 saturated heterocycles. The normalized spacial score (nSPS) is 21.9. The van der Waals surface area contributed by atoms with Gasteiger partial charge in [-0.05, 0) is 46.1 Å². The molecule has 1 fully saturated rings. The van der Waals surface area contributed by atoms with Gasteiger partial charge in [0.05, 0.1) is 6.67 Å². The van der Waals surface area contributed by atoms with Crippen LogP contribution in [0.3, 0.4) is 0 Å². The van der Waals surface area contributed by atoms with Crippen LogP contribution in [0.4, 0.5) is 4.39 Å². The molecule has 5 heteroatoms. The monoisotopic (exact) mass is 392 g/mol. The maximum absolute atomic E-state index is 11.5. The summed E-state index contributed by atoms with van der Waals surface area (Å²) in [5.41, 5.74) is 0. The van der Waals surface area contributed by atoms with Crippen LogP contribution in [0.25, 0.3) is 0 Å². The van der Waals surface area contributed by atoms with Gasteiger partial charge in [-0.15, -0.1) is 0 Å². The molecule has 3 nitrogen and oxygen atoms in total. The van der Waals surface area contributed by atoms with Gasteiger partial charge in [-0.2, -0.15) is 0 Å². The van der Waals surface area contributed by atoms with Gasteiger partial charge in [0.1, 0.15) is 5.22 Å². The first-order valence-corrected chi connectivity index (χ1v) is 13.1. The third-order valence-electron chi connectivity index (χ3n) is 5.26. The summed E-state index contributed by atoms with van der Waals surface area (Å²) in [5.74, 6) is 0. The molecule has 158 valence electrons. The lowest BCUT2D eigenvalue weighted by atomic mass is 10.1. The predicted molar refractivity (Wildman–Crippen MR) is 112 cm³/mol. The molecule has 1 aliphatic heterocycles. The van der Waals surface area contributed by atoms with Crippen LogP contribution < -0.4 is 0 Å². The number of hydrogen-bond acceptors (Lipinski definition) is 3. The lowest BCUT2D eigenvalue weighted by Crippen LogP contribution is -2.65. The van der Waals surface area contributed by atoms with Crippen molar-refractivity contribution in [2.75, 3.05) is 26.5 Å². The Labute approximate surface area is 163 Å². The summed E-state index contributed by atoms with van der Waals surface area (Å²) in [7, 11) is -2.21. The number of ether oxygens (including phenoxy) is 1. The summed E-state index contributed by atoms with van der Waals surface area (Å²) in [5, 5.41) is -0.119. The highest BCUT2D eigenvalue weighted by Crippen LogP contribution is 2.42. The fourth-order valence-corrected chi connectivity index (χ4v) is 8.45. The number of unbranched alkanes of at least 4 members (excludes halogenated alkanes) is 5. The SMILES string of the molecule is CCCCCCCCF.CCOC1(CC)CCCC[Si]1(OCC)OCC. The summed E-state index contributed by atoms with van der Waals surface area (Å²) >= 11 is 0. The van der Waals surface area contributed by atoms with Gasteiger partial charge in [0.2, 0.25) is 0 Å². The fourth-order valence-electron chi connectivity index (χ4n) is 3.98. The highest BCUT2D eigenvalue weighted by Gasteiger charge is 2.58. The van der Waals surface area contributed by atoms with Crippen molar-refractivity contribution in [3.63, 3.8) is 0 Å². The zero-order valence-electron chi connectivity index (χ0n) is 18.2. The number of rotatable bonds is 13. The van der Waals surface area contributed by atoms with E-state index in [1.165, 1.54) is 38.5 Å². The molecule has 0 aromatic rings.